The molecule has 0 amide bonds. The molecule has 1 unspecified atom stereocenters. The number of hydrogen-bond acceptors (Lipinski definition) is 2. The molecule has 58 valence electrons. The lowest BCUT2D eigenvalue weighted by atomic mass is 10.3. The van der Waals surface area contributed by atoms with Gasteiger partial charge in [-0.15, -0.1) is 0 Å². The molecule has 0 saturated heterocycles. The molecule has 0 saturated carbocycles. The van der Waals surface area contributed by atoms with Crippen LogP contribution in [0.3, 0.4) is 0 Å². The Balaban J connectivity index is 2.34. The molecule has 1 aliphatic rings. The molecule has 3 heteroatoms. The summed E-state index contributed by atoms with van der Waals surface area (Å²) in [5.41, 5.74) is 1.10. The van der Waals surface area contributed by atoms with E-state index in [0.29, 0.717) is 0 Å². The second-order valence-electron chi connectivity index (χ2n) is 2.40. The van der Waals surface area contributed by atoms with E-state index in [1.54, 1.807) is 0 Å². The molecule has 0 aliphatic carbocycles. The molecule has 1 N–H and O–H groups in total. The molecular formula is C8H8INO. The minimum absolute atomic E-state index is 0.252. The van der Waals surface area contributed by atoms with Crippen molar-refractivity contribution in [2.24, 2.45) is 0 Å². The second-order valence-corrected chi connectivity index (χ2v) is 3.79. The molecule has 11 heavy (non-hydrogen) atoms. The molecule has 0 fully saturated rings. The number of anilines is 1. The fraction of sp³-hybridized carbons (Fsp3) is 0.250. The molecular weight excluding hydrogens is 253 g/mol. The van der Waals surface area contributed by atoms with Gasteiger partial charge in [-0.2, -0.15) is 0 Å². The fourth-order valence-corrected chi connectivity index (χ4v) is 1.58. The van der Waals surface area contributed by atoms with Crippen LogP contribution < -0.4 is 10.1 Å². The summed E-state index contributed by atoms with van der Waals surface area (Å²) in [6, 6.07) is 7.99. The standard InChI is InChI=1S/C8H8INO/c9-8-5-10-6-3-1-2-4-7(6)11-8/h1-4,8,10H,5H2. The number of benzene rings is 1. The maximum atomic E-state index is 5.56. The first-order valence-electron chi connectivity index (χ1n) is 3.50. The van der Waals surface area contributed by atoms with Crippen LogP contribution in [0.4, 0.5) is 5.69 Å². The lowest BCUT2D eigenvalue weighted by Crippen LogP contribution is -2.24. The zero-order valence-corrected chi connectivity index (χ0v) is 8.04. The smallest absolute Gasteiger partial charge is 0.166 e. The second kappa shape index (κ2) is 2.89. The van der Waals surface area contributed by atoms with Crippen molar-refractivity contribution < 1.29 is 4.74 Å². The molecule has 0 radical (unpaired) electrons. The Morgan fingerprint density at radius 2 is 2.27 bits per heavy atom. The molecule has 2 rings (SSSR count). The fourth-order valence-electron chi connectivity index (χ4n) is 1.09. The van der Waals surface area contributed by atoms with E-state index in [4.69, 9.17) is 4.74 Å². The molecule has 1 atom stereocenters. The predicted molar refractivity (Wildman–Crippen MR) is 53.4 cm³/mol. The van der Waals surface area contributed by atoms with Crippen molar-refractivity contribution in [3.8, 4) is 5.75 Å². The third kappa shape index (κ3) is 1.42. The Bertz CT molecular complexity index is 264. The van der Waals surface area contributed by atoms with Crippen LogP contribution in [0.5, 0.6) is 5.75 Å². The highest BCUT2D eigenvalue weighted by Gasteiger charge is 2.14. The molecule has 0 aromatic heterocycles. The highest BCUT2D eigenvalue weighted by atomic mass is 127. The van der Waals surface area contributed by atoms with Gasteiger partial charge in [-0.05, 0) is 34.7 Å². The lowest BCUT2D eigenvalue weighted by molar-refractivity contribution is 0.305. The van der Waals surface area contributed by atoms with Crippen molar-refractivity contribution in [2.45, 2.75) is 4.11 Å². The van der Waals surface area contributed by atoms with E-state index in [2.05, 4.69) is 27.9 Å². The van der Waals surface area contributed by atoms with Gasteiger partial charge < -0.3 is 10.1 Å². The van der Waals surface area contributed by atoms with Crippen molar-refractivity contribution in [3.05, 3.63) is 24.3 Å². The largest absolute Gasteiger partial charge is 0.476 e. The highest BCUT2D eigenvalue weighted by molar-refractivity contribution is 14.1. The van der Waals surface area contributed by atoms with Crippen LogP contribution in [0.25, 0.3) is 0 Å². The van der Waals surface area contributed by atoms with Gasteiger partial charge in [-0.25, -0.2) is 0 Å². The van der Waals surface area contributed by atoms with Gasteiger partial charge in [0.15, 0.2) is 4.11 Å². The summed E-state index contributed by atoms with van der Waals surface area (Å²) in [5.74, 6) is 0.957. The first-order chi connectivity index (χ1) is 5.36. The zero-order valence-electron chi connectivity index (χ0n) is 5.88. The first-order valence-corrected chi connectivity index (χ1v) is 4.74. The normalized spacial score (nSPS) is 21.4. The molecule has 0 bridgehead atoms. The summed E-state index contributed by atoms with van der Waals surface area (Å²) in [6.45, 7) is 0.886. The van der Waals surface area contributed by atoms with Gasteiger partial charge in [0.1, 0.15) is 5.75 Å². The SMILES string of the molecule is IC1CNc2ccccc2O1. The van der Waals surface area contributed by atoms with E-state index in [1.165, 1.54) is 0 Å². The Kier molecular flexibility index (Phi) is 1.89. The van der Waals surface area contributed by atoms with E-state index < -0.39 is 0 Å². The summed E-state index contributed by atoms with van der Waals surface area (Å²) in [5, 5.41) is 3.28. The van der Waals surface area contributed by atoms with Gasteiger partial charge in [0.25, 0.3) is 0 Å². The number of alkyl halides is 1. The van der Waals surface area contributed by atoms with Crippen LogP contribution in [0.1, 0.15) is 0 Å². The minimum atomic E-state index is 0.252. The number of para-hydroxylation sites is 2. The molecule has 1 aromatic carbocycles. The molecule has 1 heterocycles. The number of nitrogens with one attached hydrogen (secondary N) is 1. The van der Waals surface area contributed by atoms with Gasteiger partial charge in [0.05, 0.1) is 12.2 Å². The summed E-state index contributed by atoms with van der Waals surface area (Å²) >= 11 is 2.27. The quantitative estimate of drug-likeness (QED) is 0.571. The van der Waals surface area contributed by atoms with E-state index in [1.807, 2.05) is 24.3 Å². The van der Waals surface area contributed by atoms with Gasteiger partial charge >= 0.3 is 0 Å². The van der Waals surface area contributed by atoms with Crippen molar-refractivity contribution in [2.75, 3.05) is 11.9 Å². The van der Waals surface area contributed by atoms with Crippen LogP contribution in [0.2, 0.25) is 0 Å². The number of halogens is 1. The van der Waals surface area contributed by atoms with Crippen molar-refractivity contribution in [1.29, 1.82) is 0 Å². The third-order valence-corrected chi connectivity index (χ3v) is 2.29. The Hall–Kier alpha value is -0.450. The van der Waals surface area contributed by atoms with Crippen LogP contribution in [-0.2, 0) is 0 Å². The highest BCUT2D eigenvalue weighted by Crippen LogP contribution is 2.29. The average Bonchev–Trinajstić information content (AvgIpc) is 2.04. The van der Waals surface area contributed by atoms with Gasteiger partial charge in [0.2, 0.25) is 0 Å². The number of rotatable bonds is 0. The Morgan fingerprint density at radius 3 is 3.18 bits per heavy atom. The average molecular weight is 261 g/mol. The lowest BCUT2D eigenvalue weighted by Gasteiger charge is -2.23. The van der Waals surface area contributed by atoms with Gasteiger partial charge in [-0.3, -0.25) is 0 Å². The maximum Gasteiger partial charge on any atom is 0.166 e. The molecule has 0 spiro atoms. The molecule has 1 aliphatic heterocycles. The van der Waals surface area contributed by atoms with Gasteiger partial charge in [-0.1, -0.05) is 12.1 Å². The summed E-state index contributed by atoms with van der Waals surface area (Å²) in [6.07, 6.45) is 0. The predicted octanol–water partition coefficient (Wildman–Crippen LogP) is 2.25. The van der Waals surface area contributed by atoms with Crippen LogP contribution in [0.15, 0.2) is 24.3 Å². The molecule has 2 nitrogen and oxygen atoms in total. The van der Waals surface area contributed by atoms with Crippen molar-refractivity contribution >= 4 is 28.3 Å². The van der Waals surface area contributed by atoms with Crippen LogP contribution >= 0.6 is 22.6 Å². The number of fused-ring (bicyclic) bond motifs is 1. The molecule has 1 aromatic rings. The van der Waals surface area contributed by atoms with E-state index >= 15 is 0 Å². The van der Waals surface area contributed by atoms with Gasteiger partial charge in [0, 0.05) is 0 Å². The van der Waals surface area contributed by atoms with Crippen LogP contribution in [-0.4, -0.2) is 10.7 Å². The summed E-state index contributed by atoms with van der Waals surface area (Å²) in [4.78, 5) is 0. The topological polar surface area (TPSA) is 21.3 Å². The van der Waals surface area contributed by atoms with E-state index in [9.17, 15) is 0 Å². The van der Waals surface area contributed by atoms with E-state index in [-0.39, 0.29) is 4.11 Å². The van der Waals surface area contributed by atoms with Crippen LogP contribution in [0, 0.1) is 0 Å². The Labute approximate surface area is 79.1 Å². The monoisotopic (exact) mass is 261 g/mol. The Morgan fingerprint density at radius 1 is 1.45 bits per heavy atom. The van der Waals surface area contributed by atoms with E-state index in [0.717, 1.165) is 18.0 Å². The minimum Gasteiger partial charge on any atom is -0.476 e. The first kappa shape index (κ1) is 7.21. The summed E-state index contributed by atoms with van der Waals surface area (Å²) < 4.78 is 5.81. The van der Waals surface area contributed by atoms with Crippen molar-refractivity contribution in [1.82, 2.24) is 0 Å². The third-order valence-electron chi connectivity index (χ3n) is 1.59. The zero-order chi connectivity index (χ0) is 7.68. The van der Waals surface area contributed by atoms with Crippen molar-refractivity contribution in [3.63, 3.8) is 0 Å². The number of ether oxygens (including phenoxy) is 1. The summed E-state index contributed by atoms with van der Waals surface area (Å²) in [7, 11) is 0. The number of hydrogen-bond donors (Lipinski definition) is 1. The maximum absolute atomic E-state index is 5.56.